The van der Waals surface area contributed by atoms with Crippen molar-refractivity contribution in [2.45, 2.75) is 23.8 Å². The van der Waals surface area contributed by atoms with E-state index in [1.54, 1.807) is 19.2 Å². The number of carbonyl (C=O) groups is 2. The van der Waals surface area contributed by atoms with Gasteiger partial charge in [-0.25, -0.2) is 4.79 Å². The molecule has 7 heteroatoms. The summed E-state index contributed by atoms with van der Waals surface area (Å²) in [5.41, 5.74) is 3.01. The van der Waals surface area contributed by atoms with E-state index in [1.165, 1.54) is 25.1 Å². The van der Waals surface area contributed by atoms with Crippen molar-refractivity contribution >= 4 is 23.6 Å². The molecular formula is C23H23NO5S. The molecule has 1 aromatic heterocycles. The lowest BCUT2D eigenvalue weighted by Crippen LogP contribution is -2.24. The topological polar surface area (TPSA) is 77.8 Å². The Morgan fingerprint density at radius 1 is 0.967 bits per heavy atom. The molecular weight excluding hydrogens is 402 g/mol. The molecule has 1 amide bonds. The molecule has 0 radical (unpaired) electrons. The van der Waals surface area contributed by atoms with E-state index >= 15 is 0 Å². The van der Waals surface area contributed by atoms with E-state index in [4.69, 9.17) is 13.9 Å². The number of rotatable bonds is 9. The van der Waals surface area contributed by atoms with Gasteiger partial charge in [-0.1, -0.05) is 36.4 Å². The standard InChI is InChI=1S/C23H23NO5S/c1-27-14-17-8-4-3-7-16(17)13-24-22(25)19-9-5-6-10-21(19)30-15-20-18(11-12-29-20)23(26)28-2/h3-12H,13-15H2,1-2H3,(H,24,25). The van der Waals surface area contributed by atoms with Crippen LogP contribution in [0.2, 0.25) is 0 Å². The van der Waals surface area contributed by atoms with Crippen molar-refractivity contribution < 1.29 is 23.5 Å². The predicted octanol–water partition coefficient (Wildman–Crippen LogP) is 4.43. The Hall–Kier alpha value is -3.03. The van der Waals surface area contributed by atoms with E-state index in [2.05, 4.69) is 5.32 Å². The number of furan rings is 1. The van der Waals surface area contributed by atoms with Gasteiger partial charge in [-0.3, -0.25) is 4.79 Å². The number of thioether (sulfide) groups is 1. The SMILES string of the molecule is COCc1ccccc1CNC(=O)c1ccccc1SCc1occc1C(=O)OC. The second-order valence-electron chi connectivity index (χ2n) is 6.42. The van der Waals surface area contributed by atoms with Gasteiger partial charge in [0.2, 0.25) is 0 Å². The summed E-state index contributed by atoms with van der Waals surface area (Å²) in [7, 11) is 2.98. The van der Waals surface area contributed by atoms with Gasteiger partial charge in [-0.05, 0) is 29.3 Å². The van der Waals surface area contributed by atoms with E-state index in [1.807, 2.05) is 42.5 Å². The van der Waals surface area contributed by atoms with Crippen molar-refractivity contribution in [3.05, 3.63) is 88.9 Å². The van der Waals surface area contributed by atoms with Crippen LogP contribution >= 0.6 is 11.8 Å². The summed E-state index contributed by atoms with van der Waals surface area (Å²) in [5, 5.41) is 2.98. The minimum Gasteiger partial charge on any atom is -0.468 e. The Labute approximate surface area is 179 Å². The minimum atomic E-state index is -0.444. The first kappa shape index (κ1) is 21.7. The molecule has 3 aromatic rings. The van der Waals surface area contributed by atoms with Crippen molar-refractivity contribution in [2.75, 3.05) is 14.2 Å². The Balaban J connectivity index is 1.69. The molecule has 1 heterocycles. The lowest BCUT2D eigenvalue weighted by molar-refractivity contribution is 0.0598. The van der Waals surface area contributed by atoms with E-state index in [0.29, 0.717) is 35.8 Å². The molecule has 6 nitrogen and oxygen atoms in total. The van der Waals surface area contributed by atoms with Crippen molar-refractivity contribution in [1.29, 1.82) is 0 Å². The third-order valence-electron chi connectivity index (χ3n) is 4.50. The molecule has 1 N–H and O–H groups in total. The number of methoxy groups -OCH3 is 2. The normalized spacial score (nSPS) is 10.6. The molecule has 0 aliphatic heterocycles. The predicted molar refractivity (Wildman–Crippen MR) is 114 cm³/mol. The first-order chi connectivity index (χ1) is 14.6. The molecule has 0 fully saturated rings. The van der Waals surface area contributed by atoms with Crippen LogP contribution in [0.4, 0.5) is 0 Å². The third kappa shape index (κ3) is 5.31. The van der Waals surface area contributed by atoms with E-state index in [-0.39, 0.29) is 5.91 Å². The summed E-state index contributed by atoms with van der Waals surface area (Å²) in [4.78, 5) is 25.4. The van der Waals surface area contributed by atoms with Crippen LogP contribution < -0.4 is 5.32 Å². The van der Waals surface area contributed by atoms with Crippen molar-refractivity contribution in [3.8, 4) is 0 Å². The molecule has 0 aliphatic carbocycles. The summed E-state index contributed by atoms with van der Waals surface area (Å²) in [6.07, 6.45) is 1.46. The van der Waals surface area contributed by atoms with Crippen LogP contribution in [0.25, 0.3) is 0 Å². The number of ether oxygens (including phenoxy) is 2. The van der Waals surface area contributed by atoms with Gasteiger partial charge in [0, 0.05) is 18.6 Å². The van der Waals surface area contributed by atoms with E-state index in [0.717, 1.165) is 16.0 Å². The Bertz CT molecular complexity index is 1010. The highest BCUT2D eigenvalue weighted by atomic mass is 32.2. The number of hydrogen-bond donors (Lipinski definition) is 1. The maximum atomic E-state index is 12.8. The summed E-state index contributed by atoms with van der Waals surface area (Å²) >= 11 is 1.43. The van der Waals surface area contributed by atoms with Crippen LogP contribution in [0.15, 0.2) is 70.2 Å². The molecule has 156 valence electrons. The summed E-state index contributed by atoms with van der Waals surface area (Å²) < 4.78 is 15.4. The number of carbonyl (C=O) groups excluding carboxylic acids is 2. The van der Waals surface area contributed by atoms with Gasteiger partial charge in [0.25, 0.3) is 5.91 Å². The largest absolute Gasteiger partial charge is 0.468 e. The molecule has 0 unspecified atom stereocenters. The monoisotopic (exact) mass is 425 g/mol. The second kappa shape index (κ2) is 10.7. The van der Waals surface area contributed by atoms with Gasteiger partial charge in [0.15, 0.2) is 0 Å². The molecule has 0 aliphatic rings. The van der Waals surface area contributed by atoms with Crippen LogP contribution in [0, 0.1) is 0 Å². The van der Waals surface area contributed by atoms with Gasteiger partial charge in [-0.15, -0.1) is 11.8 Å². The Morgan fingerprint density at radius 2 is 1.70 bits per heavy atom. The maximum Gasteiger partial charge on any atom is 0.341 e. The van der Waals surface area contributed by atoms with Crippen LogP contribution in [-0.4, -0.2) is 26.1 Å². The van der Waals surface area contributed by atoms with Crippen molar-refractivity contribution in [1.82, 2.24) is 5.32 Å². The molecule has 2 aromatic carbocycles. The zero-order valence-corrected chi connectivity index (χ0v) is 17.7. The molecule has 0 atom stereocenters. The number of nitrogens with one attached hydrogen (secondary N) is 1. The zero-order chi connectivity index (χ0) is 21.3. The average Bonchev–Trinajstić information content (AvgIpc) is 3.25. The van der Waals surface area contributed by atoms with Crippen molar-refractivity contribution in [3.63, 3.8) is 0 Å². The van der Waals surface area contributed by atoms with Crippen LogP contribution in [0.5, 0.6) is 0 Å². The van der Waals surface area contributed by atoms with Crippen molar-refractivity contribution in [2.24, 2.45) is 0 Å². The molecule has 0 bridgehead atoms. The fraction of sp³-hybridized carbons (Fsp3) is 0.217. The van der Waals surface area contributed by atoms with Gasteiger partial charge in [0.05, 0.1) is 31.3 Å². The number of amides is 1. The molecule has 3 rings (SSSR count). The molecule has 0 spiro atoms. The smallest absolute Gasteiger partial charge is 0.341 e. The zero-order valence-electron chi connectivity index (χ0n) is 16.8. The van der Waals surface area contributed by atoms with E-state index < -0.39 is 5.97 Å². The first-order valence-corrected chi connectivity index (χ1v) is 10.3. The lowest BCUT2D eigenvalue weighted by Gasteiger charge is -2.12. The quantitative estimate of drug-likeness (QED) is 0.404. The van der Waals surface area contributed by atoms with Gasteiger partial charge in [-0.2, -0.15) is 0 Å². The second-order valence-corrected chi connectivity index (χ2v) is 7.44. The summed E-state index contributed by atoms with van der Waals surface area (Å²) in [5.74, 6) is 0.298. The first-order valence-electron chi connectivity index (χ1n) is 9.34. The van der Waals surface area contributed by atoms with Crippen LogP contribution in [0.1, 0.15) is 37.6 Å². The summed E-state index contributed by atoms with van der Waals surface area (Å²) in [6, 6.07) is 16.8. The highest BCUT2D eigenvalue weighted by Crippen LogP contribution is 2.28. The molecule has 30 heavy (non-hydrogen) atoms. The maximum absolute atomic E-state index is 12.8. The number of benzene rings is 2. The van der Waals surface area contributed by atoms with Gasteiger partial charge in [0.1, 0.15) is 11.3 Å². The Morgan fingerprint density at radius 3 is 2.47 bits per heavy atom. The third-order valence-corrected chi connectivity index (χ3v) is 5.57. The highest BCUT2D eigenvalue weighted by Gasteiger charge is 2.17. The molecule has 0 saturated carbocycles. The van der Waals surface area contributed by atoms with Gasteiger partial charge >= 0.3 is 5.97 Å². The number of hydrogen-bond acceptors (Lipinski definition) is 6. The highest BCUT2D eigenvalue weighted by molar-refractivity contribution is 7.98. The fourth-order valence-corrected chi connectivity index (χ4v) is 3.97. The van der Waals surface area contributed by atoms with Gasteiger partial charge < -0.3 is 19.2 Å². The van der Waals surface area contributed by atoms with Crippen LogP contribution in [0.3, 0.4) is 0 Å². The minimum absolute atomic E-state index is 0.169. The average molecular weight is 426 g/mol. The number of esters is 1. The Kier molecular flexibility index (Phi) is 7.70. The lowest BCUT2D eigenvalue weighted by atomic mass is 10.1. The van der Waals surface area contributed by atoms with Crippen LogP contribution in [-0.2, 0) is 28.4 Å². The molecule has 0 saturated heterocycles. The van der Waals surface area contributed by atoms with E-state index in [9.17, 15) is 9.59 Å². The summed E-state index contributed by atoms with van der Waals surface area (Å²) in [6.45, 7) is 0.895. The fourth-order valence-electron chi connectivity index (χ4n) is 2.96.